The minimum atomic E-state index is 0.00761. The Morgan fingerprint density at radius 3 is 2.80 bits per heavy atom. The van der Waals surface area contributed by atoms with E-state index in [4.69, 9.17) is 0 Å². The van der Waals surface area contributed by atoms with Crippen molar-refractivity contribution in [3.63, 3.8) is 0 Å². The van der Waals surface area contributed by atoms with Gasteiger partial charge in [-0.1, -0.05) is 5.21 Å². The van der Waals surface area contributed by atoms with Crippen LogP contribution in [0.3, 0.4) is 0 Å². The lowest BCUT2D eigenvalue weighted by atomic mass is 9.91. The molecular weight excluding hydrogens is 316 g/mol. The van der Waals surface area contributed by atoms with Crippen molar-refractivity contribution in [2.24, 2.45) is 0 Å². The highest BCUT2D eigenvalue weighted by Crippen LogP contribution is 2.27. The Labute approximate surface area is 145 Å². The molecule has 3 aromatic heterocycles. The van der Waals surface area contributed by atoms with E-state index in [2.05, 4.69) is 20.3 Å². The average molecular weight is 334 g/mol. The fraction of sp³-hybridized carbons (Fsp3) is 0.278. The number of amides is 1. The van der Waals surface area contributed by atoms with E-state index in [1.54, 1.807) is 35.5 Å². The molecule has 0 spiro atoms. The van der Waals surface area contributed by atoms with E-state index in [1.807, 2.05) is 29.4 Å². The van der Waals surface area contributed by atoms with Crippen molar-refractivity contribution in [3.05, 3.63) is 66.5 Å². The third-order valence-electron chi connectivity index (χ3n) is 4.54. The van der Waals surface area contributed by atoms with Gasteiger partial charge in [-0.2, -0.15) is 0 Å². The smallest absolute Gasteiger partial charge is 0.255 e. The molecule has 1 unspecified atom stereocenters. The van der Waals surface area contributed by atoms with Gasteiger partial charge in [0, 0.05) is 37.6 Å². The van der Waals surface area contributed by atoms with Crippen molar-refractivity contribution < 1.29 is 4.79 Å². The predicted molar refractivity (Wildman–Crippen MR) is 91.3 cm³/mol. The van der Waals surface area contributed by atoms with E-state index in [-0.39, 0.29) is 5.91 Å². The molecule has 0 radical (unpaired) electrons. The van der Waals surface area contributed by atoms with Gasteiger partial charge in [-0.05, 0) is 36.6 Å². The summed E-state index contributed by atoms with van der Waals surface area (Å²) in [7, 11) is 0. The number of aromatic nitrogens is 5. The Morgan fingerprint density at radius 1 is 1.12 bits per heavy atom. The number of carbonyl (C=O) groups is 1. The Kier molecular flexibility index (Phi) is 4.20. The van der Waals surface area contributed by atoms with E-state index >= 15 is 0 Å². The molecule has 0 aliphatic carbocycles. The molecule has 0 bridgehead atoms. The third kappa shape index (κ3) is 3.26. The molecule has 7 nitrogen and oxygen atoms in total. The average Bonchev–Trinajstić information content (AvgIpc) is 3.23. The van der Waals surface area contributed by atoms with Crippen LogP contribution in [0.25, 0.3) is 5.69 Å². The van der Waals surface area contributed by atoms with Gasteiger partial charge in [0.05, 0.1) is 29.8 Å². The molecule has 1 fully saturated rings. The number of piperidine rings is 1. The Balaban J connectivity index is 1.53. The van der Waals surface area contributed by atoms with Crippen LogP contribution in [0.5, 0.6) is 0 Å². The molecular formula is C18H18N6O. The van der Waals surface area contributed by atoms with Crippen LogP contribution in [0.15, 0.2) is 55.4 Å². The summed E-state index contributed by atoms with van der Waals surface area (Å²) in [5, 5.41) is 7.74. The van der Waals surface area contributed by atoms with Crippen molar-refractivity contribution in [3.8, 4) is 5.69 Å². The molecule has 126 valence electrons. The molecule has 1 saturated heterocycles. The van der Waals surface area contributed by atoms with Crippen LogP contribution in [-0.2, 0) is 0 Å². The minimum Gasteiger partial charge on any atom is -0.338 e. The number of hydrogen-bond donors (Lipinski definition) is 0. The van der Waals surface area contributed by atoms with Crippen molar-refractivity contribution in [2.45, 2.75) is 18.8 Å². The van der Waals surface area contributed by atoms with Gasteiger partial charge in [0.15, 0.2) is 0 Å². The van der Waals surface area contributed by atoms with E-state index in [0.717, 1.165) is 31.6 Å². The second-order valence-electron chi connectivity index (χ2n) is 6.15. The summed E-state index contributed by atoms with van der Waals surface area (Å²) in [6.45, 7) is 1.49. The molecule has 4 rings (SSSR count). The molecule has 1 amide bonds. The Bertz CT molecular complexity index is 849. The summed E-state index contributed by atoms with van der Waals surface area (Å²) in [4.78, 5) is 23.1. The van der Waals surface area contributed by atoms with E-state index < -0.39 is 0 Å². The van der Waals surface area contributed by atoms with Crippen LogP contribution in [0, 0.1) is 0 Å². The van der Waals surface area contributed by atoms with Crippen molar-refractivity contribution >= 4 is 5.91 Å². The summed E-state index contributed by atoms with van der Waals surface area (Å²) in [5.41, 5.74) is 2.54. The predicted octanol–water partition coefficient (Wildman–Crippen LogP) is 2.08. The number of carbonyl (C=O) groups excluding carboxylic acids is 1. The molecule has 0 saturated carbocycles. The molecule has 25 heavy (non-hydrogen) atoms. The molecule has 0 aromatic carbocycles. The highest BCUT2D eigenvalue weighted by molar-refractivity contribution is 5.94. The lowest BCUT2D eigenvalue weighted by Gasteiger charge is -2.33. The Morgan fingerprint density at radius 2 is 2.00 bits per heavy atom. The second-order valence-corrected chi connectivity index (χ2v) is 6.15. The quantitative estimate of drug-likeness (QED) is 0.733. The van der Waals surface area contributed by atoms with Crippen LogP contribution in [0.2, 0.25) is 0 Å². The molecule has 1 aliphatic rings. The molecule has 1 aliphatic heterocycles. The van der Waals surface area contributed by atoms with E-state index in [1.165, 1.54) is 5.56 Å². The maximum Gasteiger partial charge on any atom is 0.255 e. The van der Waals surface area contributed by atoms with Crippen LogP contribution in [0.1, 0.15) is 34.7 Å². The fourth-order valence-electron chi connectivity index (χ4n) is 3.27. The summed E-state index contributed by atoms with van der Waals surface area (Å²) >= 11 is 0. The molecule has 1 atom stereocenters. The van der Waals surface area contributed by atoms with Gasteiger partial charge in [-0.3, -0.25) is 14.8 Å². The van der Waals surface area contributed by atoms with Gasteiger partial charge in [0.1, 0.15) is 0 Å². The fourth-order valence-corrected chi connectivity index (χ4v) is 3.27. The maximum atomic E-state index is 12.9. The zero-order valence-electron chi connectivity index (χ0n) is 13.7. The van der Waals surface area contributed by atoms with Crippen LogP contribution < -0.4 is 0 Å². The normalized spacial score (nSPS) is 17.4. The zero-order valence-corrected chi connectivity index (χ0v) is 13.7. The summed E-state index contributed by atoms with van der Waals surface area (Å²) in [6, 6.07) is 5.87. The minimum absolute atomic E-state index is 0.00761. The largest absolute Gasteiger partial charge is 0.338 e. The monoisotopic (exact) mass is 334 g/mol. The van der Waals surface area contributed by atoms with Gasteiger partial charge in [-0.25, -0.2) is 4.68 Å². The van der Waals surface area contributed by atoms with Gasteiger partial charge in [0.25, 0.3) is 5.91 Å². The van der Waals surface area contributed by atoms with Crippen molar-refractivity contribution in [2.75, 3.05) is 13.1 Å². The zero-order chi connectivity index (χ0) is 17.1. The van der Waals surface area contributed by atoms with Crippen LogP contribution in [0.4, 0.5) is 0 Å². The van der Waals surface area contributed by atoms with Crippen LogP contribution >= 0.6 is 0 Å². The van der Waals surface area contributed by atoms with E-state index in [0.29, 0.717) is 11.5 Å². The van der Waals surface area contributed by atoms with Crippen LogP contribution in [-0.4, -0.2) is 48.9 Å². The lowest BCUT2D eigenvalue weighted by molar-refractivity contribution is 0.0706. The summed E-state index contributed by atoms with van der Waals surface area (Å²) < 4.78 is 1.60. The van der Waals surface area contributed by atoms with Gasteiger partial charge >= 0.3 is 0 Å². The second kappa shape index (κ2) is 6.80. The lowest BCUT2D eigenvalue weighted by Crippen LogP contribution is -2.39. The highest BCUT2D eigenvalue weighted by Gasteiger charge is 2.25. The summed E-state index contributed by atoms with van der Waals surface area (Å²) in [5.74, 6) is 0.361. The maximum absolute atomic E-state index is 12.9. The number of hydrogen-bond acceptors (Lipinski definition) is 5. The van der Waals surface area contributed by atoms with Gasteiger partial charge in [-0.15, -0.1) is 5.10 Å². The van der Waals surface area contributed by atoms with Gasteiger partial charge < -0.3 is 4.90 Å². The first-order chi connectivity index (χ1) is 12.3. The first kappa shape index (κ1) is 15.4. The summed E-state index contributed by atoms with van der Waals surface area (Å²) in [6.07, 6.45) is 12.3. The topological polar surface area (TPSA) is 76.8 Å². The number of rotatable bonds is 3. The third-order valence-corrected chi connectivity index (χ3v) is 4.54. The van der Waals surface area contributed by atoms with E-state index in [9.17, 15) is 4.79 Å². The highest BCUT2D eigenvalue weighted by atomic mass is 16.2. The molecule has 0 N–H and O–H groups in total. The molecule has 7 heteroatoms. The number of nitrogens with zero attached hydrogens (tertiary/aromatic N) is 6. The Hall–Kier alpha value is -3.09. The molecule has 3 aromatic rings. The SMILES string of the molecule is O=C(c1cncc(-n2ccnn2)c1)N1CCCC(c2ccncc2)C1. The van der Waals surface area contributed by atoms with Gasteiger partial charge in [0.2, 0.25) is 0 Å². The number of pyridine rings is 2. The molecule has 4 heterocycles. The first-order valence-electron chi connectivity index (χ1n) is 8.32. The number of likely N-dealkylation sites (tertiary alicyclic amines) is 1. The van der Waals surface area contributed by atoms with Crippen molar-refractivity contribution in [1.82, 2.24) is 29.9 Å². The van der Waals surface area contributed by atoms with Crippen molar-refractivity contribution in [1.29, 1.82) is 0 Å². The standard InChI is InChI=1S/C18H18N6O/c25-18(16-10-17(12-20-11-16)24-9-7-21-22-24)23-8-1-2-15(13-23)14-3-5-19-6-4-14/h3-7,9-12,15H,1-2,8,13H2. The first-order valence-corrected chi connectivity index (χ1v) is 8.32.